The van der Waals surface area contributed by atoms with Crippen LogP contribution in [0.15, 0.2) is 72.9 Å². The summed E-state index contributed by atoms with van der Waals surface area (Å²) >= 11 is 5.99. The Kier molecular flexibility index (Phi) is 6.10. The van der Waals surface area contributed by atoms with Crippen molar-refractivity contribution in [1.29, 1.82) is 0 Å². The molecular weight excluding hydrogens is 434 g/mol. The smallest absolute Gasteiger partial charge is 0.195 e. The van der Waals surface area contributed by atoms with E-state index in [1.807, 2.05) is 54.7 Å². The lowest BCUT2D eigenvalue weighted by atomic mass is 10.0. The third-order valence-corrected chi connectivity index (χ3v) is 6.68. The van der Waals surface area contributed by atoms with Gasteiger partial charge < -0.3 is 14.0 Å². The molecule has 5 heteroatoms. The topological polar surface area (TPSA) is 40.5 Å². The summed E-state index contributed by atoms with van der Waals surface area (Å²) in [7, 11) is 1.62. The molecule has 1 aliphatic carbocycles. The normalized spacial score (nSPS) is 14.0. The number of hydrogen-bond donors (Lipinski definition) is 0. The van der Waals surface area contributed by atoms with Crippen LogP contribution in [-0.4, -0.2) is 17.5 Å². The fraction of sp³-hybridized carbons (Fsp3) is 0.250. The van der Waals surface area contributed by atoms with Crippen LogP contribution in [0, 0.1) is 5.92 Å². The van der Waals surface area contributed by atoms with E-state index in [1.165, 1.54) is 25.7 Å². The van der Waals surface area contributed by atoms with Gasteiger partial charge in [-0.25, -0.2) is 0 Å². The number of methoxy groups -OCH3 is 1. The predicted octanol–water partition coefficient (Wildman–Crippen LogP) is 7.52. The molecule has 33 heavy (non-hydrogen) atoms. The summed E-state index contributed by atoms with van der Waals surface area (Å²) in [6, 6.07) is 20.5. The van der Waals surface area contributed by atoms with Crippen molar-refractivity contribution in [3.63, 3.8) is 0 Å². The molecule has 168 valence electrons. The number of ether oxygens (including phenoxy) is 2. The summed E-state index contributed by atoms with van der Waals surface area (Å²) in [6.07, 6.45) is 7.10. The molecule has 1 aromatic heterocycles. The van der Waals surface area contributed by atoms with E-state index in [4.69, 9.17) is 21.1 Å². The largest absolute Gasteiger partial charge is 0.497 e. The second-order valence-electron chi connectivity index (χ2n) is 8.64. The minimum Gasteiger partial charge on any atom is -0.497 e. The Labute approximate surface area is 198 Å². The monoisotopic (exact) mass is 459 g/mol. The molecule has 0 saturated heterocycles. The van der Waals surface area contributed by atoms with Crippen molar-refractivity contribution in [1.82, 2.24) is 4.57 Å². The van der Waals surface area contributed by atoms with Crippen LogP contribution >= 0.6 is 11.6 Å². The zero-order chi connectivity index (χ0) is 22.8. The molecule has 0 atom stereocenters. The molecule has 0 unspecified atom stereocenters. The van der Waals surface area contributed by atoms with Crippen molar-refractivity contribution >= 4 is 28.3 Å². The van der Waals surface area contributed by atoms with Crippen LogP contribution in [0.2, 0.25) is 5.02 Å². The first kappa shape index (κ1) is 21.6. The second kappa shape index (κ2) is 9.32. The average Bonchev–Trinajstić information content (AvgIpc) is 3.48. The van der Waals surface area contributed by atoms with Crippen LogP contribution in [-0.2, 0) is 6.54 Å². The highest BCUT2D eigenvalue weighted by atomic mass is 35.5. The van der Waals surface area contributed by atoms with E-state index >= 15 is 0 Å². The van der Waals surface area contributed by atoms with Gasteiger partial charge in [-0.15, -0.1) is 0 Å². The van der Waals surface area contributed by atoms with E-state index in [-0.39, 0.29) is 5.78 Å². The van der Waals surface area contributed by atoms with Crippen molar-refractivity contribution < 1.29 is 14.3 Å². The van der Waals surface area contributed by atoms with Crippen molar-refractivity contribution in [2.75, 3.05) is 7.11 Å². The van der Waals surface area contributed by atoms with Crippen molar-refractivity contribution in [2.45, 2.75) is 32.2 Å². The molecule has 0 spiro atoms. The second-order valence-corrected chi connectivity index (χ2v) is 9.07. The summed E-state index contributed by atoms with van der Waals surface area (Å²) < 4.78 is 13.5. The summed E-state index contributed by atoms with van der Waals surface area (Å²) in [5, 5.41) is 1.56. The van der Waals surface area contributed by atoms with Crippen LogP contribution < -0.4 is 9.47 Å². The van der Waals surface area contributed by atoms with Gasteiger partial charge in [0.05, 0.1) is 7.11 Å². The number of carbonyl (C=O) groups excluding carboxylic acids is 1. The van der Waals surface area contributed by atoms with Gasteiger partial charge in [0.15, 0.2) is 5.78 Å². The maximum atomic E-state index is 13.5. The highest BCUT2D eigenvalue weighted by molar-refractivity contribution is 6.30. The van der Waals surface area contributed by atoms with Crippen LogP contribution in [0.4, 0.5) is 0 Å². The average molecular weight is 460 g/mol. The van der Waals surface area contributed by atoms with Crippen molar-refractivity contribution in [3.05, 3.63) is 89.1 Å². The Hall–Kier alpha value is -3.24. The molecule has 3 aromatic carbocycles. The first-order chi connectivity index (χ1) is 16.1. The Balaban J connectivity index is 1.53. The highest BCUT2D eigenvalue weighted by Crippen LogP contribution is 2.33. The number of hydrogen-bond acceptors (Lipinski definition) is 3. The Morgan fingerprint density at radius 3 is 2.30 bits per heavy atom. The van der Waals surface area contributed by atoms with Gasteiger partial charge in [0.2, 0.25) is 0 Å². The Morgan fingerprint density at radius 2 is 1.61 bits per heavy atom. The summed E-state index contributed by atoms with van der Waals surface area (Å²) in [4.78, 5) is 13.5. The van der Waals surface area contributed by atoms with E-state index in [9.17, 15) is 4.79 Å². The standard InChI is InChI=1S/C28H26ClNO3/c1-32-22-10-6-20(7-11-22)28(31)26-18-30(17-19-4-2-3-5-19)27-15-14-24(16-25(26)27)33-23-12-8-21(29)9-13-23/h6-16,18-19H,2-5,17H2,1H3. The number of aromatic nitrogens is 1. The molecule has 1 saturated carbocycles. The first-order valence-electron chi connectivity index (χ1n) is 11.4. The molecule has 0 aliphatic heterocycles. The number of carbonyl (C=O) groups is 1. The zero-order valence-electron chi connectivity index (χ0n) is 18.6. The molecule has 0 amide bonds. The van der Waals surface area contributed by atoms with Gasteiger partial charge in [-0.3, -0.25) is 4.79 Å². The minimum atomic E-state index is -0.00327. The SMILES string of the molecule is COc1ccc(C(=O)c2cn(CC3CCCC3)c3ccc(Oc4ccc(Cl)cc4)cc23)cc1. The van der Waals surface area contributed by atoms with Gasteiger partial charge >= 0.3 is 0 Å². The van der Waals surface area contributed by atoms with E-state index < -0.39 is 0 Å². The lowest BCUT2D eigenvalue weighted by Crippen LogP contribution is -2.06. The lowest BCUT2D eigenvalue weighted by Gasteiger charge is -2.12. The van der Waals surface area contributed by atoms with Gasteiger partial charge in [0, 0.05) is 39.8 Å². The van der Waals surface area contributed by atoms with Gasteiger partial charge in [0.25, 0.3) is 0 Å². The fourth-order valence-corrected chi connectivity index (χ4v) is 4.81. The summed E-state index contributed by atoms with van der Waals surface area (Å²) in [6.45, 7) is 0.934. The molecule has 4 aromatic rings. The molecule has 5 rings (SSSR count). The van der Waals surface area contributed by atoms with E-state index in [0.717, 1.165) is 23.2 Å². The highest BCUT2D eigenvalue weighted by Gasteiger charge is 2.21. The van der Waals surface area contributed by atoms with Gasteiger partial charge in [-0.2, -0.15) is 0 Å². The third-order valence-electron chi connectivity index (χ3n) is 6.43. The maximum absolute atomic E-state index is 13.5. The van der Waals surface area contributed by atoms with Crippen LogP contribution in [0.1, 0.15) is 41.6 Å². The number of nitrogens with zero attached hydrogens (tertiary/aromatic N) is 1. The predicted molar refractivity (Wildman–Crippen MR) is 132 cm³/mol. The summed E-state index contributed by atoms with van der Waals surface area (Å²) in [5.74, 6) is 2.78. The lowest BCUT2D eigenvalue weighted by molar-refractivity contribution is 0.104. The molecule has 1 aliphatic rings. The first-order valence-corrected chi connectivity index (χ1v) is 11.7. The van der Waals surface area contributed by atoms with Gasteiger partial charge in [-0.1, -0.05) is 24.4 Å². The molecule has 0 bridgehead atoms. The third kappa shape index (κ3) is 4.62. The minimum absolute atomic E-state index is 0.00327. The number of ketones is 1. The zero-order valence-corrected chi connectivity index (χ0v) is 19.3. The molecule has 4 nitrogen and oxygen atoms in total. The van der Waals surface area contributed by atoms with E-state index in [0.29, 0.717) is 33.6 Å². The number of halogens is 1. The number of rotatable bonds is 7. The van der Waals surface area contributed by atoms with Crippen molar-refractivity contribution in [2.24, 2.45) is 5.92 Å². The van der Waals surface area contributed by atoms with E-state index in [1.54, 1.807) is 19.2 Å². The van der Waals surface area contributed by atoms with Crippen LogP contribution in [0.25, 0.3) is 10.9 Å². The quantitative estimate of drug-likeness (QED) is 0.268. The van der Waals surface area contributed by atoms with Crippen LogP contribution in [0.5, 0.6) is 17.2 Å². The van der Waals surface area contributed by atoms with Crippen LogP contribution in [0.3, 0.4) is 0 Å². The molecular formula is C28H26ClNO3. The van der Waals surface area contributed by atoms with Gasteiger partial charge in [0.1, 0.15) is 17.2 Å². The number of benzene rings is 3. The number of fused-ring (bicyclic) bond motifs is 1. The molecule has 1 heterocycles. The van der Waals surface area contributed by atoms with Crippen molar-refractivity contribution in [3.8, 4) is 17.2 Å². The molecule has 0 N–H and O–H groups in total. The molecule has 1 fully saturated rings. The van der Waals surface area contributed by atoms with Gasteiger partial charge in [-0.05, 0) is 85.5 Å². The maximum Gasteiger partial charge on any atom is 0.195 e. The Bertz CT molecular complexity index is 1270. The fourth-order valence-electron chi connectivity index (χ4n) is 4.68. The van der Waals surface area contributed by atoms with E-state index in [2.05, 4.69) is 10.6 Å². The molecule has 0 radical (unpaired) electrons. The Morgan fingerprint density at radius 1 is 0.939 bits per heavy atom. The summed E-state index contributed by atoms with van der Waals surface area (Å²) in [5.41, 5.74) is 2.39.